The van der Waals surface area contributed by atoms with Gasteiger partial charge in [-0.15, -0.1) is 11.3 Å². The minimum absolute atomic E-state index is 0.174. The largest absolute Gasteiger partial charge is 0.320 e. The van der Waals surface area contributed by atoms with Gasteiger partial charge in [-0.1, -0.05) is 23.2 Å². The molecule has 0 aliphatic heterocycles. The number of nitrogens with two attached hydrogens (primary N) is 1. The van der Waals surface area contributed by atoms with Crippen molar-refractivity contribution in [2.45, 2.75) is 13.0 Å². The van der Waals surface area contributed by atoms with E-state index < -0.39 is 0 Å². The van der Waals surface area contributed by atoms with Crippen LogP contribution in [-0.2, 0) is 0 Å². The fraction of sp³-hybridized carbons (Fsp3) is 0.200. The zero-order valence-electron chi connectivity index (χ0n) is 7.96. The fourth-order valence-corrected chi connectivity index (χ4v) is 3.86. The van der Waals surface area contributed by atoms with Gasteiger partial charge in [-0.05, 0) is 34.9 Å². The molecule has 0 aromatic carbocycles. The Balaban J connectivity index is 2.40. The van der Waals surface area contributed by atoms with Gasteiger partial charge in [-0.25, -0.2) is 0 Å². The smallest absolute Gasteiger partial charge is 0.0995 e. The molecule has 80 valence electrons. The lowest BCUT2D eigenvalue weighted by Crippen LogP contribution is -2.11. The highest BCUT2D eigenvalue weighted by Crippen LogP contribution is 2.37. The molecule has 0 aliphatic carbocycles. The Labute approximate surface area is 106 Å². The third kappa shape index (κ3) is 2.22. The first-order valence-electron chi connectivity index (χ1n) is 4.32. The van der Waals surface area contributed by atoms with Gasteiger partial charge in [-0.2, -0.15) is 11.3 Å². The second-order valence-electron chi connectivity index (χ2n) is 3.27. The van der Waals surface area contributed by atoms with Gasteiger partial charge in [0.05, 0.1) is 14.7 Å². The summed E-state index contributed by atoms with van der Waals surface area (Å²) in [6.45, 7) is 2.05. The summed E-state index contributed by atoms with van der Waals surface area (Å²) in [5.41, 5.74) is 9.38. The molecule has 5 heteroatoms. The Morgan fingerprint density at radius 3 is 2.47 bits per heavy atom. The quantitative estimate of drug-likeness (QED) is 0.861. The maximum absolute atomic E-state index is 6.15. The molecule has 2 N–H and O–H groups in total. The summed E-state index contributed by atoms with van der Waals surface area (Å²) >= 11 is 15.0. The molecule has 15 heavy (non-hydrogen) atoms. The molecule has 1 unspecified atom stereocenters. The lowest BCUT2D eigenvalue weighted by Gasteiger charge is -2.10. The zero-order chi connectivity index (χ0) is 11.0. The van der Waals surface area contributed by atoms with E-state index in [1.807, 2.05) is 13.0 Å². The molecule has 1 nitrogen and oxygen atoms in total. The predicted octanol–water partition coefficient (Wildman–Crippen LogP) is 4.47. The normalized spacial score (nSPS) is 13.1. The minimum Gasteiger partial charge on any atom is -0.320 e. The molecule has 0 radical (unpaired) electrons. The van der Waals surface area contributed by atoms with Crippen molar-refractivity contribution in [3.05, 3.63) is 42.2 Å². The summed E-state index contributed by atoms with van der Waals surface area (Å²) < 4.78 is 1.36. The van der Waals surface area contributed by atoms with Crippen molar-refractivity contribution in [1.82, 2.24) is 0 Å². The zero-order valence-corrected chi connectivity index (χ0v) is 11.1. The molecule has 0 fully saturated rings. The van der Waals surface area contributed by atoms with Crippen LogP contribution in [0.15, 0.2) is 16.8 Å². The van der Waals surface area contributed by atoms with Gasteiger partial charge in [0.15, 0.2) is 0 Å². The van der Waals surface area contributed by atoms with E-state index in [1.165, 1.54) is 16.9 Å². The maximum Gasteiger partial charge on any atom is 0.0995 e. The van der Waals surface area contributed by atoms with Crippen LogP contribution in [0, 0.1) is 6.92 Å². The predicted molar refractivity (Wildman–Crippen MR) is 69.4 cm³/mol. The van der Waals surface area contributed by atoms with E-state index in [2.05, 4.69) is 10.8 Å². The number of hydrogen-bond acceptors (Lipinski definition) is 3. The van der Waals surface area contributed by atoms with Crippen LogP contribution >= 0.6 is 45.9 Å². The number of thiophene rings is 2. The number of aryl methyl sites for hydroxylation is 1. The van der Waals surface area contributed by atoms with Gasteiger partial charge >= 0.3 is 0 Å². The van der Waals surface area contributed by atoms with Gasteiger partial charge in [0.2, 0.25) is 0 Å². The van der Waals surface area contributed by atoms with Crippen LogP contribution in [0.5, 0.6) is 0 Å². The highest BCUT2D eigenvalue weighted by atomic mass is 35.5. The summed E-state index contributed by atoms with van der Waals surface area (Å²) in [6.07, 6.45) is 0. The summed E-state index contributed by atoms with van der Waals surface area (Å²) in [5, 5.41) is 4.14. The molecule has 0 saturated heterocycles. The molecule has 0 bridgehead atoms. The van der Waals surface area contributed by atoms with E-state index in [9.17, 15) is 0 Å². The van der Waals surface area contributed by atoms with Crippen molar-refractivity contribution in [3.8, 4) is 0 Å². The Kier molecular flexibility index (Phi) is 3.38. The van der Waals surface area contributed by atoms with E-state index in [4.69, 9.17) is 28.9 Å². The first-order valence-corrected chi connectivity index (χ1v) is 6.84. The van der Waals surface area contributed by atoms with Crippen LogP contribution in [0.1, 0.15) is 22.7 Å². The van der Waals surface area contributed by atoms with E-state index >= 15 is 0 Å². The second kappa shape index (κ2) is 4.44. The van der Waals surface area contributed by atoms with Crippen LogP contribution in [0.25, 0.3) is 0 Å². The average molecular weight is 278 g/mol. The SMILES string of the molecule is Cc1cscc1C(N)c1cc(Cl)sc1Cl. The molecular weight excluding hydrogens is 269 g/mol. The van der Waals surface area contributed by atoms with Crippen molar-refractivity contribution >= 4 is 45.9 Å². The van der Waals surface area contributed by atoms with Crippen molar-refractivity contribution < 1.29 is 0 Å². The number of rotatable bonds is 2. The monoisotopic (exact) mass is 277 g/mol. The van der Waals surface area contributed by atoms with Gasteiger partial charge in [0, 0.05) is 5.56 Å². The van der Waals surface area contributed by atoms with Crippen molar-refractivity contribution in [1.29, 1.82) is 0 Å². The molecule has 2 rings (SSSR count). The van der Waals surface area contributed by atoms with Crippen molar-refractivity contribution in [2.75, 3.05) is 0 Å². The third-order valence-electron chi connectivity index (χ3n) is 2.25. The molecule has 1 atom stereocenters. The summed E-state index contributed by atoms with van der Waals surface area (Å²) in [5.74, 6) is 0. The van der Waals surface area contributed by atoms with Crippen LogP contribution in [0.2, 0.25) is 8.67 Å². The van der Waals surface area contributed by atoms with Gasteiger partial charge in [0.25, 0.3) is 0 Å². The lowest BCUT2D eigenvalue weighted by molar-refractivity contribution is 0.873. The minimum atomic E-state index is -0.174. The van der Waals surface area contributed by atoms with Crippen LogP contribution in [0.3, 0.4) is 0 Å². The summed E-state index contributed by atoms with van der Waals surface area (Å²) in [4.78, 5) is 0. The van der Waals surface area contributed by atoms with E-state index in [0.717, 1.165) is 11.1 Å². The van der Waals surface area contributed by atoms with Gasteiger partial charge < -0.3 is 5.73 Å². The number of halogens is 2. The highest BCUT2D eigenvalue weighted by Gasteiger charge is 2.17. The molecular formula is C10H9Cl2NS2. The fourth-order valence-electron chi connectivity index (χ4n) is 1.42. The first kappa shape index (κ1) is 11.4. The third-order valence-corrected chi connectivity index (χ3v) is 4.65. The Morgan fingerprint density at radius 2 is 2.00 bits per heavy atom. The van der Waals surface area contributed by atoms with Crippen molar-refractivity contribution in [2.24, 2.45) is 5.73 Å². The first-order chi connectivity index (χ1) is 7.09. The van der Waals surface area contributed by atoms with Gasteiger partial charge in [0.1, 0.15) is 0 Å². The van der Waals surface area contributed by atoms with E-state index in [-0.39, 0.29) is 6.04 Å². The Morgan fingerprint density at radius 1 is 1.27 bits per heavy atom. The van der Waals surface area contributed by atoms with Crippen LogP contribution < -0.4 is 5.73 Å². The van der Waals surface area contributed by atoms with Crippen LogP contribution in [0.4, 0.5) is 0 Å². The lowest BCUT2D eigenvalue weighted by atomic mass is 10.0. The van der Waals surface area contributed by atoms with Gasteiger partial charge in [-0.3, -0.25) is 0 Å². The highest BCUT2D eigenvalue weighted by molar-refractivity contribution is 7.20. The second-order valence-corrected chi connectivity index (χ2v) is 6.30. The Hall–Kier alpha value is -0.0600. The van der Waals surface area contributed by atoms with E-state index in [1.54, 1.807) is 11.3 Å². The topological polar surface area (TPSA) is 26.0 Å². The Bertz CT molecular complexity index is 475. The standard InChI is InChI=1S/C10H9Cl2NS2/c1-5-3-14-4-7(5)9(13)6-2-8(11)15-10(6)12/h2-4,9H,13H2,1H3. The molecule has 0 amide bonds. The molecule has 0 spiro atoms. The average Bonchev–Trinajstić information content (AvgIpc) is 2.71. The molecule has 0 aliphatic rings. The molecule has 0 saturated carbocycles. The molecule has 2 heterocycles. The van der Waals surface area contributed by atoms with E-state index in [0.29, 0.717) is 8.67 Å². The molecule has 2 aromatic heterocycles. The van der Waals surface area contributed by atoms with Crippen LogP contribution in [-0.4, -0.2) is 0 Å². The summed E-state index contributed by atoms with van der Waals surface area (Å²) in [6, 6.07) is 1.67. The van der Waals surface area contributed by atoms with Crippen molar-refractivity contribution in [3.63, 3.8) is 0 Å². The number of hydrogen-bond donors (Lipinski definition) is 1. The maximum atomic E-state index is 6.15. The summed E-state index contributed by atoms with van der Waals surface area (Å²) in [7, 11) is 0. The molecule has 2 aromatic rings.